The zero-order chi connectivity index (χ0) is 18.9. The summed E-state index contributed by atoms with van der Waals surface area (Å²) in [5.41, 5.74) is -0.625. The van der Waals surface area contributed by atoms with E-state index in [9.17, 15) is 19.2 Å². The number of carbonyl (C=O) groups excluding carboxylic acids is 4. The van der Waals surface area contributed by atoms with Crippen LogP contribution in [0.5, 0.6) is 0 Å². The lowest BCUT2D eigenvalue weighted by Crippen LogP contribution is -2.43. The summed E-state index contributed by atoms with van der Waals surface area (Å²) in [5.74, 6) is -1.74. The Labute approximate surface area is 150 Å². The summed E-state index contributed by atoms with van der Waals surface area (Å²) in [7, 11) is 0. The van der Waals surface area contributed by atoms with E-state index in [1.54, 1.807) is 37.3 Å². The quantitative estimate of drug-likeness (QED) is 0.574. The van der Waals surface area contributed by atoms with E-state index < -0.39 is 36.1 Å². The smallest absolute Gasteiger partial charge is 0.327 e. The molecule has 2 aliphatic rings. The van der Waals surface area contributed by atoms with Crippen LogP contribution in [-0.4, -0.2) is 47.4 Å². The minimum atomic E-state index is -1.24. The number of carbonyl (C=O) groups is 4. The first-order chi connectivity index (χ1) is 12.3. The maximum Gasteiger partial charge on any atom is 0.327 e. The molecule has 0 bridgehead atoms. The van der Waals surface area contributed by atoms with Gasteiger partial charge in [-0.3, -0.25) is 19.3 Å². The number of hydrogen-bond donors (Lipinski definition) is 2. The average molecular weight is 359 g/mol. The van der Waals surface area contributed by atoms with Crippen LogP contribution in [0.4, 0.5) is 4.79 Å². The summed E-state index contributed by atoms with van der Waals surface area (Å²) >= 11 is 0. The van der Waals surface area contributed by atoms with E-state index in [1.165, 1.54) is 6.92 Å². The van der Waals surface area contributed by atoms with Gasteiger partial charge in [0.25, 0.3) is 11.8 Å². The molecule has 1 heterocycles. The maximum absolute atomic E-state index is 12.7. The van der Waals surface area contributed by atoms with Crippen molar-refractivity contribution in [1.29, 1.82) is 0 Å². The monoisotopic (exact) mass is 359 g/mol. The number of urea groups is 1. The van der Waals surface area contributed by atoms with E-state index in [2.05, 4.69) is 10.6 Å². The van der Waals surface area contributed by atoms with E-state index in [0.717, 1.165) is 17.7 Å². The average Bonchev–Trinajstić information content (AvgIpc) is 3.39. The summed E-state index contributed by atoms with van der Waals surface area (Å²) in [4.78, 5) is 49.6. The second-order valence-electron chi connectivity index (χ2n) is 6.73. The van der Waals surface area contributed by atoms with Crippen LogP contribution in [0, 0.1) is 0 Å². The van der Waals surface area contributed by atoms with E-state index in [4.69, 9.17) is 4.74 Å². The molecule has 2 fully saturated rings. The van der Waals surface area contributed by atoms with Gasteiger partial charge in [-0.25, -0.2) is 4.79 Å². The zero-order valence-corrected chi connectivity index (χ0v) is 14.7. The van der Waals surface area contributed by atoms with E-state index in [0.29, 0.717) is 5.56 Å². The molecule has 1 aliphatic heterocycles. The number of nitrogens with zero attached hydrogens (tertiary/aromatic N) is 1. The first kappa shape index (κ1) is 17.9. The van der Waals surface area contributed by atoms with E-state index in [-0.39, 0.29) is 11.9 Å². The van der Waals surface area contributed by atoms with Crippen molar-refractivity contribution in [1.82, 2.24) is 15.5 Å². The SMILES string of the molecule is C[C@@H](OC(=O)CN1C(=O)N[C@@](C)(c2ccccc2)C1=O)C(=O)NC1CC1. The molecule has 1 aliphatic carbocycles. The number of rotatable bonds is 6. The Morgan fingerprint density at radius 3 is 2.58 bits per heavy atom. The lowest BCUT2D eigenvalue weighted by Gasteiger charge is -2.22. The van der Waals surface area contributed by atoms with Crippen molar-refractivity contribution in [3.8, 4) is 0 Å². The topological polar surface area (TPSA) is 105 Å². The summed E-state index contributed by atoms with van der Waals surface area (Å²) in [6, 6.07) is 8.26. The number of nitrogens with one attached hydrogen (secondary N) is 2. The van der Waals surface area contributed by atoms with Gasteiger partial charge in [0.2, 0.25) is 0 Å². The highest BCUT2D eigenvalue weighted by Crippen LogP contribution is 2.28. The van der Waals surface area contributed by atoms with Crippen molar-refractivity contribution in [3.63, 3.8) is 0 Å². The normalized spacial score (nSPS) is 23.4. The van der Waals surface area contributed by atoms with Crippen molar-refractivity contribution in [2.75, 3.05) is 6.54 Å². The molecular formula is C18H21N3O5. The van der Waals surface area contributed by atoms with Crippen molar-refractivity contribution < 1.29 is 23.9 Å². The molecule has 2 atom stereocenters. The molecule has 8 nitrogen and oxygen atoms in total. The lowest BCUT2D eigenvalue weighted by molar-refractivity contribution is -0.156. The van der Waals surface area contributed by atoms with Gasteiger partial charge in [0.15, 0.2) is 6.10 Å². The predicted molar refractivity (Wildman–Crippen MR) is 90.8 cm³/mol. The largest absolute Gasteiger partial charge is 0.451 e. The summed E-state index contributed by atoms with van der Waals surface area (Å²) in [6.45, 7) is 2.49. The highest BCUT2D eigenvalue weighted by atomic mass is 16.5. The molecule has 1 aromatic carbocycles. The number of ether oxygens (including phenoxy) is 1. The van der Waals surface area contributed by atoms with Crippen LogP contribution in [0.25, 0.3) is 0 Å². The second kappa shape index (κ2) is 6.78. The molecule has 1 aromatic rings. The van der Waals surface area contributed by atoms with Crippen LogP contribution in [0.15, 0.2) is 30.3 Å². The first-order valence-electron chi connectivity index (χ1n) is 8.51. The molecule has 2 N–H and O–H groups in total. The maximum atomic E-state index is 12.7. The molecule has 26 heavy (non-hydrogen) atoms. The second-order valence-corrected chi connectivity index (χ2v) is 6.73. The van der Waals surface area contributed by atoms with Crippen LogP contribution in [0.2, 0.25) is 0 Å². The van der Waals surface area contributed by atoms with Gasteiger partial charge in [0.05, 0.1) is 0 Å². The molecule has 0 spiro atoms. The Kier molecular flexibility index (Phi) is 4.67. The Hall–Kier alpha value is -2.90. The van der Waals surface area contributed by atoms with Crippen LogP contribution < -0.4 is 10.6 Å². The number of esters is 1. The van der Waals surface area contributed by atoms with Gasteiger partial charge in [0.1, 0.15) is 12.1 Å². The molecule has 0 aromatic heterocycles. The molecule has 1 saturated heterocycles. The molecular weight excluding hydrogens is 338 g/mol. The first-order valence-corrected chi connectivity index (χ1v) is 8.51. The molecule has 8 heteroatoms. The van der Waals surface area contributed by atoms with Gasteiger partial charge < -0.3 is 15.4 Å². The standard InChI is InChI=1S/C18H21N3O5/c1-11(15(23)19-13-8-9-13)26-14(22)10-21-16(24)18(2,20-17(21)25)12-6-4-3-5-7-12/h3-7,11,13H,8-10H2,1-2H3,(H,19,23)(H,20,25)/t11-,18+/m1/s1. The summed E-state index contributed by atoms with van der Waals surface area (Å²) in [5, 5.41) is 5.34. The highest BCUT2D eigenvalue weighted by molar-refractivity contribution is 6.08. The van der Waals surface area contributed by atoms with Gasteiger partial charge in [-0.05, 0) is 32.3 Å². The fourth-order valence-electron chi connectivity index (χ4n) is 2.77. The Morgan fingerprint density at radius 1 is 1.31 bits per heavy atom. The number of amides is 4. The van der Waals surface area contributed by atoms with Crippen LogP contribution >= 0.6 is 0 Å². The fourth-order valence-corrected chi connectivity index (χ4v) is 2.77. The van der Waals surface area contributed by atoms with Crippen LogP contribution in [0.1, 0.15) is 32.3 Å². The van der Waals surface area contributed by atoms with Crippen LogP contribution in [0.3, 0.4) is 0 Å². The Bertz CT molecular complexity index is 746. The molecule has 0 unspecified atom stereocenters. The summed E-state index contributed by atoms with van der Waals surface area (Å²) in [6.07, 6.45) is 0.865. The van der Waals surface area contributed by atoms with Gasteiger partial charge in [-0.2, -0.15) is 0 Å². The van der Waals surface area contributed by atoms with Crippen molar-refractivity contribution in [2.24, 2.45) is 0 Å². The Morgan fingerprint density at radius 2 is 1.96 bits per heavy atom. The zero-order valence-electron chi connectivity index (χ0n) is 14.7. The van der Waals surface area contributed by atoms with E-state index in [1.807, 2.05) is 0 Å². The third kappa shape index (κ3) is 3.54. The van der Waals surface area contributed by atoms with Gasteiger partial charge in [-0.1, -0.05) is 30.3 Å². The van der Waals surface area contributed by atoms with Crippen molar-refractivity contribution in [3.05, 3.63) is 35.9 Å². The van der Waals surface area contributed by atoms with Gasteiger partial charge in [0, 0.05) is 6.04 Å². The molecule has 0 radical (unpaired) electrons. The summed E-state index contributed by atoms with van der Waals surface area (Å²) < 4.78 is 5.05. The van der Waals surface area contributed by atoms with Crippen LogP contribution in [-0.2, 0) is 24.7 Å². The molecule has 3 rings (SSSR count). The highest BCUT2D eigenvalue weighted by Gasteiger charge is 2.49. The Balaban J connectivity index is 1.62. The van der Waals surface area contributed by atoms with E-state index >= 15 is 0 Å². The fraction of sp³-hybridized carbons (Fsp3) is 0.444. The third-order valence-corrected chi connectivity index (χ3v) is 4.51. The number of benzene rings is 1. The lowest BCUT2D eigenvalue weighted by atomic mass is 9.92. The number of imide groups is 1. The number of hydrogen-bond acceptors (Lipinski definition) is 5. The minimum Gasteiger partial charge on any atom is -0.451 e. The molecule has 1 saturated carbocycles. The van der Waals surface area contributed by atoms with Crippen molar-refractivity contribution in [2.45, 2.75) is 44.4 Å². The predicted octanol–water partition coefficient (Wildman–Crippen LogP) is 0.664. The third-order valence-electron chi connectivity index (χ3n) is 4.51. The van der Waals surface area contributed by atoms with Gasteiger partial charge >= 0.3 is 12.0 Å². The molecule has 4 amide bonds. The molecule has 138 valence electrons. The van der Waals surface area contributed by atoms with Gasteiger partial charge in [-0.15, -0.1) is 0 Å². The van der Waals surface area contributed by atoms with Crippen molar-refractivity contribution >= 4 is 23.8 Å². The minimum absolute atomic E-state index is 0.154.